The van der Waals surface area contributed by atoms with E-state index in [1.54, 1.807) is 36.4 Å². The summed E-state index contributed by atoms with van der Waals surface area (Å²) in [5.41, 5.74) is 2.71. The van der Waals surface area contributed by atoms with E-state index in [4.69, 9.17) is 15.9 Å². The summed E-state index contributed by atoms with van der Waals surface area (Å²) in [7, 11) is -4.03. The third kappa shape index (κ3) is 3.16. The maximum absolute atomic E-state index is 13.1. The Balaban J connectivity index is 2.17. The molecule has 0 fully saturated rings. The highest BCUT2D eigenvalue weighted by Crippen LogP contribution is 2.48. The van der Waals surface area contributed by atoms with Gasteiger partial charge in [-0.2, -0.15) is 13.7 Å². The maximum Gasteiger partial charge on any atom is 0.343 e. The molecule has 6 nitrogen and oxygen atoms in total. The first kappa shape index (κ1) is 20.6. The molecule has 28 heavy (non-hydrogen) atoms. The number of halogens is 1. The van der Waals surface area contributed by atoms with E-state index in [-0.39, 0.29) is 20.7 Å². The number of rotatable bonds is 5. The van der Waals surface area contributed by atoms with Gasteiger partial charge in [-0.1, -0.05) is 33.6 Å². The number of benzene rings is 2. The number of hydroxylamine groups is 2. The van der Waals surface area contributed by atoms with Crippen molar-refractivity contribution in [2.75, 3.05) is 18.0 Å². The second-order valence-electron chi connectivity index (χ2n) is 6.80. The van der Waals surface area contributed by atoms with Crippen LogP contribution in [0.3, 0.4) is 0 Å². The Labute approximate surface area is 171 Å². The predicted molar refractivity (Wildman–Crippen MR) is 110 cm³/mol. The average molecular weight is 421 g/mol. The van der Waals surface area contributed by atoms with Crippen molar-refractivity contribution < 1.29 is 12.7 Å². The van der Waals surface area contributed by atoms with Gasteiger partial charge < -0.3 is 4.90 Å². The van der Waals surface area contributed by atoms with Crippen LogP contribution in [0.2, 0.25) is 5.02 Å². The van der Waals surface area contributed by atoms with Gasteiger partial charge in [0.25, 0.3) is 0 Å². The molecule has 148 valence electrons. The number of hydrogen-bond donors (Lipinski definition) is 0. The summed E-state index contributed by atoms with van der Waals surface area (Å²) in [6, 6.07) is 12.0. The van der Waals surface area contributed by atoms with Crippen molar-refractivity contribution in [2.24, 2.45) is 0 Å². The SMILES string of the molecule is CCN1c2cc(C#N)c(Cl)cc2[N+](CC)(OS(=O)(=O)c2ccc(C)cc2)C1C. The molecule has 2 aromatic carbocycles. The van der Waals surface area contributed by atoms with Crippen LogP contribution in [0.4, 0.5) is 11.4 Å². The molecule has 1 heterocycles. The molecule has 8 heteroatoms. The Kier molecular flexibility index (Phi) is 5.43. The summed E-state index contributed by atoms with van der Waals surface area (Å²) in [5.74, 6) is 0. The fraction of sp³-hybridized carbons (Fsp3) is 0.350. The second-order valence-corrected chi connectivity index (χ2v) is 8.74. The molecule has 3 rings (SSSR count). The van der Waals surface area contributed by atoms with Crippen molar-refractivity contribution >= 4 is 33.1 Å². The quantitative estimate of drug-likeness (QED) is 0.672. The lowest BCUT2D eigenvalue weighted by Crippen LogP contribution is -2.58. The summed E-state index contributed by atoms with van der Waals surface area (Å²) < 4.78 is 31.8. The first-order valence-corrected chi connectivity index (χ1v) is 10.9. The lowest BCUT2D eigenvalue weighted by atomic mass is 10.1. The van der Waals surface area contributed by atoms with E-state index in [0.717, 1.165) is 11.3 Å². The molecule has 2 aromatic rings. The van der Waals surface area contributed by atoms with Crippen LogP contribution in [0, 0.1) is 18.3 Å². The molecular formula is C20H23ClN3O3S+. The second kappa shape index (κ2) is 7.37. The Morgan fingerprint density at radius 3 is 2.43 bits per heavy atom. The molecule has 1 aliphatic rings. The molecule has 0 saturated carbocycles. The largest absolute Gasteiger partial charge is 0.343 e. The number of nitriles is 1. The van der Waals surface area contributed by atoms with Gasteiger partial charge in [0.15, 0.2) is 11.9 Å². The summed E-state index contributed by atoms with van der Waals surface area (Å²) in [6.45, 7) is 8.66. The van der Waals surface area contributed by atoms with E-state index >= 15 is 0 Å². The summed E-state index contributed by atoms with van der Waals surface area (Å²) in [4.78, 5) is 2.13. The highest BCUT2D eigenvalue weighted by molar-refractivity contribution is 7.86. The maximum atomic E-state index is 13.1. The van der Waals surface area contributed by atoms with E-state index in [2.05, 4.69) is 6.07 Å². The number of quaternary nitrogens is 1. The minimum absolute atomic E-state index is 0.104. The van der Waals surface area contributed by atoms with Gasteiger partial charge in [-0.3, -0.25) is 0 Å². The van der Waals surface area contributed by atoms with Gasteiger partial charge in [0.2, 0.25) is 0 Å². The molecule has 0 saturated heterocycles. The fourth-order valence-corrected chi connectivity index (χ4v) is 5.16. The molecule has 2 unspecified atom stereocenters. The van der Waals surface area contributed by atoms with E-state index in [9.17, 15) is 13.7 Å². The Bertz CT molecular complexity index is 1050. The van der Waals surface area contributed by atoms with Crippen molar-refractivity contribution in [3.8, 4) is 6.07 Å². The minimum atomic E-state index is -4.03. The smallest absolute Gasteiger partial charge is 0.315 e. The first-order valence-electron chi connectivity index (χ1n) is 9.11. The molecule has 0 radical (unpaired) electrons. The summed E-state index contributed by atoms with van der Waals surface area (Å²) >= 11 is 6.28. The van der Waals surface area contributed by atoms with Crippen LogP contribution < -0.4 is 9.55 Å². The fourth-order valence-electron chi connectivity index (χ4n) is 3.75. The van der Waals surface area contributed by atoms with Crippen LogP contribution in [0.5, 0.6) is 0 Å². The molecule has 2 atom stereocenters. The van der Waals surface area contributed by atoms with Gasteiger partial charge in [-0.15, -0.1) is 4.65 Å². The monoisotopic (exact) mass is 420 g/mol. The van der Waals surface area contributed by atoms with Crippen molar-refractivity contribution in [2.45, 2.75) is 38.8 Å². The highest BCUT2D eigenvalue weighted by atomic mass is 35.5. The van der Waals surface area contributed by atoms with Crippen LogP contribution >= 0.6 is 11.6 Å². The highest BCUT2D eigenvalue weighted by Gasteiger charge is 2.53. The predicted octanol–water partition coefficient (Wildman–Crippen LogP) is 4.35. The lowest BCUT2D eigenvalue weighted by Gasteiger charge is -2.34. The average Bonchev–Trinajstić information content (AvgIpc) is 2.88. The molecule has 0 bridgehead atoms. The molecule has 0 spiro atoms. The number of nitrogens with zero attached hydrogens (tertiary/aromatic N) is 3. The van der Waals surface area contributed by atoms with Gasteiger partial charge >= 0.3 is 10.1 Å². The van der Waals surface area contributed by atoms with E-state index in [1.165, 1.54) is 0 Å². The zero-order chi connectivity index (χ0) is 20.7. The van der Waals surface area contributed by atoms with E-state index in [0.29, 0.717) is 24.3 Å². The molecule has 1 aliphatic heterocycles. The van der Waals surface area contributed by atoms with Crippen LogP contribution in [0.1, 0.15) is 31.9 Å². The zero-order valence-corrected chi connectivity index (χ0v) is 17.9. The number of fused-ring (bicyclic) bond motifs is 1. The molecule has 0 aromatic heterocycles. The van der Waals surface area contributed by atoms with Crippen LogP contribution in [0.25, 0.3) is 0 Å². The van der Waals surface area contributed by atoms with Crippen LogP contribution in [-0.2, 0) is 14.4 Å². The molecule has 0 aliphatic carbocycles. The Hall–Kier alpha value is -2.11. The summed E-state index contributed by atoms with van der Waals surface area (Å²) in [6.07, 6.45) is -0.310. The third-order valence-electron chi connectivity index (χ3n) is 5.31. The number of hydrogen-bond acceptors (Lipinski definition) is 5. The van der Waals surface area contributed by atoms with Gasteiger partial charge in [-0.05, 0) is 39.0 Å². The normalized spacial score (nSPS) is 21.4. The minimum Gasteiger partial charge on any atom is -0.315 e. The van der Waals surface area contributed by atoms with E-state index in [1.807, 2.05) is 32.6 Å². The van der Waals surface area contributed by atoms with Crippen molar-refractivity contribution in [1.82, 2.24) is 4.65 Å². The lowest BCUT2D eigenvalue weighted by molar-refractivity contribution is -0.0600. The summed E-state index contributed by atoms with van der Waals surface area (Å²) in [5, 5.41) is 9.61. The Morgan fingerprint density at radius 2 is 1.89 bits per heavy atom. The van der Waals surface area contributed by atoms with Gasteiger partial charge in [-0.25, -0.2) is 0 Å². The van der Waals surface area contributed by atoms with Gasteiger partial charge in [0.05, 0.1) is 15.5 Å². The third-order valence-corrected chi connectivity index (χ3v) is 6.93. The molecular weight excluding hydrogens is 398 g/mol. The zero-order valence-electron chi connectivity index (χ0n) is 16.3. The molecule has 0 N–H and O–H groups in total. The number of aryl methyl sites for hydroxylation is 1. The first-order chi connectivity index (χ1) is 13.2. The number of anilines is 1. The van der Waals surface area contributed by atoms with Crippen molar-refractivity contribution in [1.29, 1.82) is 5.26 Å². The van der Waals surface area contributed by atoms with Gasteiger partial charge in [0.1, 0.15) is 18.3 Å². The van der Waals surface area contributed by atoms with Crippen molar-refractivity contribution in [3.05, 3.63) is 52.5 Å². The van der Waals surface area contributed by atoms with Gasteiger partial charge in [0, 0.05) is 19.5 Å². The van der Waals surface area contributed by atoms with E-state index < -0.39 is 10.1 Å². The topological polar surface area (TPSA) is 70.4 Å². The standard InChI is InChI=1S/C20H23ClN3O3S/c1-5-23-15(4)24(6-2,20-12-18(21)16(13-22)11-19(20)23)27-28(25,26)17-9-7-14(3)8-10-17/h7-12,15H,5-6H2,1-4H3/q+1. The van der Waals surface area contributed by atoms with Crippen molar-refractivity contribution in [3.63, 3.8) is 0 Å². The van der Waals surface area contributed by atoms with Crippen LogP contribution in [0.15, 0.2) is 41.3 Å². The Morgan fingerprint density at radius 1 is 1.25 bits per heavy atom. The van der Waals surface area contributed by atoms with Crippen LogP contribution in [-0.4, -0.2) is 27.7 Å². The molecule has 0 amide bonds.